The smallest absolute Gasteiger partial charge is 0.0701 e. The van der Waals surface area contributed by atoms with Gasteiger partial charge in [0.25, 0.3) is 0 Å². The lowest BCUT2D eigenvalue weighted by atomic mass is 9.77. The van der Waals surface area contributed by atoms with Crippen molar-refractivity contribution in [3.8, 4) is 0 Å². The van der Waals surface area contributed by atoms with Crippen LogP contribution in [0.2, 0.25) is 0 Å². The fourth-order valence-corrected chi connectivity index (χ4v) is 5.06. The molecule has 2 aliphatic heterocycles. The fraction of sp³-hybridized carbons (Fsp3) is 0.812. The lowest BCUT2D eigenvalue weighted by Gasteiger charge is -2.44. The molecule has 1 aromatic heterocycles. The lowest BCUT2D eigenvalue weighted by molar-refractivity contribution is -0.105. The van der Waals surface area contributed by atoms with Crippen LogP contribution >= 0.6 is 11.8 Å². The summed E-state index contributed by atoms with van der Waals surface area (Å²) in [7, 11) is 1.99. The number of thioether (sulfide) groups is 1. The molecule has 2 fully saturated rings. The monoisotopic (exact) mass is 309 g/mol. The van der Waals surface area contributed by atoms with Crippen LogP contribution in [-0.4, -0.2) is 33.5 Å². The third-order valence-corrected chi connectivity index (χ3v) is 6.06. The second kappa shape index (κ2) is 6.31. The van der Waals surface area contributed by atoms with Gasteiger partial charge in [-0.15, -0.1) is 0 Å². The summed E-state index contributed by atoms with van der Waals surface area (Å²) in [6.07, 6.45) is 7.64. The molecule has 3 heterocycles. The summed E-state index contributed by atoms with van der Waals surface area (Å²) in [4.78, 5) is 0. The van der Waals surface area contributed by atoms with E-state index in [2.05, 4.69) is 30.0 Å². The molecule has 2 N–H and O–H groups in total. The maximum absolute atomic E-state index is 6.64. The molecular weight excluding hydrogens is 282 g/mol. The molecule has 0 radical (unpaired) electrons. The molecule has 3 rings (SSSR count). The molecule has 0 saturated carbocycles. The average molecular weight is 309 g/mol. The number of hydrogen-bond donors (Lipinski definition) is 1. The first-order chi connectivity index (χ1) is 10.1. The zero-order valence-corrected chi connectivity index (χ0v) is 14.0. The third kappa shape index (κ3) is 3.15. The van der Waals surface area contributed by atoms with Gasteiger partial charge >= 0.3 is 0 Å². The molecule has 2 saturated heterocycles. The summed E-state index contributed by atoms with van der Waals surface area (Å²) in [5.74, 6) is 2.99. The number of rotatable bonds is 3. The van der Waals surface area contributed by atoms with Crippen molar-refractivity contribution in [3.05, 3.63) is 17.5 Å². The summed E-state index contributed by atoms with van der Waals surface area (Å²) >= 11 is 2.05. The molecule has 1 spiro atoms. The van der Waals surface area contributed by atoms with Crippen molar-refractivity contribution in [2.45, 2.75) is 50.7 Å². The van der Waals surface area contributed by atoms with Crippen LogP contribution < -0.4 is 5.73 Å². The Morgan fingerprint density at radius 2 is 2.29 bits per heavy atom. The van der Waals surface area contributed by atoms with Gasteiger partial charge in [-0.25, -0.2) is 0 Å². The Bertz CT molecular complexity index is 476. The highest BCUT2D eigenvalue weighted by Gasteiger charge is 2.41. The highest BCUT2D eigenvalue weighted by Crippen LogP contribution is 2.43. The van der Waals surface area contributed by atoms with Crippen LogP contribution in [0.25, 0.3) is 0 Å². The van der Waals surface area contributed by atoms with E-state index in [1.54, 1.807) is 0 Å². The molecular formula is C16H27N3OS. The van der Waals surface area contributed by atoms with E-state index in [0.29, 0.717) is 5.92 Å². The van der Waals surface area contributed by atoms with Crippen molar-refractivity contribution < 1.29 is 4.74 Å². The van der Waals surface area contributed by atoms with Gasteiger partial charge < -0.3 is 10.5 Å². The standard InChI is InChI=1S/C16H27N3OS/c1-3-14-13(11-19(2)18-14)15(17)12-4-7-20-16(10-12)5-8-21-9-6-16/h11-12,15H,3-10,17H2,1-2H3. The molecule has 5 heteroatoms. The van der Waals surface area contributed by atoms with Crippen molar-refractivity contribution in [2.24, 2.45) is 18.7 Å². The van der Waals surface area contributed by atoms with Crippen molar-refractivity contribution in [1.82, 2.24) is 9.78 Å². The normalized spacial score (nSPS) is 26.9. The van der Waals surface area contributed by atoms with Crippen LogP contribution in [0, 0.1) is 5.92 Å². The summed E-state index contributed by atoms with van der Waals surface area (Å²) < 4.78 is 8.10. The Morgan fingerprint density at radius 1 is 1.52 bits per heavy atom. The molecule has 4 nitrogen and oxygen atoms in total. The predicted octanol–water partition coefficient (Wildman–Crippen LogP) is 2.67. The molecule has 2 unspecified atom stereocenters. The molecule has 1 aromatic rings. The van der Waals surface area contributed by atoms with Gasteiger partial charge in [0, 0.05) is 31.5 Å². The van der Waals surface area contributed by atoms with E-state index in [4.69, 9.17) is 10.5 Å². The second-order valence-electron chi connectivity index (χ2n) is 6.48. The second-order valence-corrected chi connectivity index (χ2v) is 7.71. The van der Waals surface area contributed by atoms with Gasteiger partial charge in [0.2, 0.25) is 0 Å². The maximum atomic E-state index is 6.64. The van der Waals surface area contributed by atoms with Gasteiger partial charge in [-0.1, -0.05) is 6.92 Å². The zero-order chi connectivity index (χ0) is 14.9. The van der Waals surface area contributed by atoms with E-state index in [9.17, 15) is 0 Å². The minimum atomic E-state index is 0.101. The van der Waals surface area contributed by atoms with Crippen LogP contribution in [0.5, 0.6) is 0 Å². The quantitative estimate of drug-likeness (QED) is 0.932. The SMILES string of the molecule is CCc1nn(C)cc1C(N)C1CCOC2(CCSCC2)C1. The van der Waals surface area contributed by atoms with Gasteiger partial charge in [0.05, 0.1) is 11.3 Å². The molecule has 2 atom stereocenters. The van der Waals surface area contributed by atoms with Crippen molar-refractivity contribution in [1.29, 1.82) is 0 Å². The number of hydrogen-bond acceptors (Lipinski definition) is 4. The van der Waals surface area contributed by atoms with E-state index < -0.39 is 0 Å². The third-order valence-electron chi connectivity index (χ3n) is 5.07. The summed E-state index contributed by atoms with van der Waals surface area (Å²) in [5, 5.41) is 4.55. The molecule has 0 aliphatic carbocycles. The lowest BCUT2D eigenvalue weighted by Crippen LogP contribution is -2.45. The van der Waals surface area contributed by atoms with Crippen LogP contribution in [0.3, 0.4) is 0 Å². The van der Waals surface area contributed by atoms with Gasteiger partial charge in [-0.05, 0) is 49.5 Å². The van der Waals surface area contributed by atoms with E-state index in [1.165, 1.54) is 29.9 Å². The zero-order valence-electron chi connectivity index (χ0n) is 13.2. The summed E-state index contributed by atoms with van der Waals surface area (Å²) in [6.45, 7) is 3.02. The Labute approximate surface area is 131 Å². The molecule has 0 aromatic carbocycles. The first-order valence-corrected chi connectivity index (χ1v) is 9.29. The van der Waals surface area contributed by atoms with Gasteiger partial charge in [-0.3, -0.25) is 4.68 Å². The van der Waals surface area contributed by atoms with Crippen LogP contribution in [0.15, 0.2) is 6.20 Å². The molecule has 0 amide bonds. The van der Waals surface area contributed by atoms with Gasteiger partial charge in [0.15, 0.2) is 0 Å². The highest BCUT2D eigenvalue weighted by molar-refractivity contribution is 7.99. The van der Waals surface area contributed by atoms with Crippen molar-refractivity contribution in [2.75, 3.05) is 18.1 Å². The number of nitrogens with two attached hydrogens (primary N) is 1. The fourth-order valence-electron chi connectivity index (χ4n) is 3.82. The molecule has 2 aliphatic rings. The van der Waals surface area contributed by atoms with Gasteiger partial charge in [-0.2, -0.15) is 16.9 Å². The number of nitrogens with zero attached hydrogens (tertiary/aromatic N) is 2. The largest absolute Gasteiger partial charge is 0.375 e. The van der Waals surface area contributed by atoms with Crippen LogP contribution in [-0.2, 0) is 18.2 Å². The Hall–Kier alpha value is -0.520. The Morgan fingerprint density at radius 3 is 3.00 bits per heavy atom. The predicted molar refractivity (Wildman–Crippen MR) is 87.5 cm³/mol. The number of aromatic nitrogens is 2. The maximum Gasteiger partial charge on any atom is 0.0701 e. The van der Waals surface area contributed by atoms with Crippen LogP contribution in [0.4, 0.5) is 0 Å². The minimum Gasteiger partial charge on any atom is -0.375 e. The average Bonchev–Trinajstić information content (AvgIpc) is 2.88. The Balaban J connectivity index is 1.76. The van der Waals surface area contributed by atoms with Crippen LogP contribution in [0.1, 0.15) is 49.9 Å². The molecule has 118 valence electrons. The van der Waals surface area contributed by atoms with E-state index >= 15 is 0 Å². The topological polar surface area (TPSA) is 53.1 Å². The molecule has 0 bridgehead atoms. The van der Waals surface area contributed by atoms with Crippen molar-refractivity contribution >= 4 is 11.8 Å². The molecule has 21 heavy (non-hydrogen) atoms. The van der Waals surface area contributed by atoms with Gasteiger partial charge in [0.1, 0.15) is 0 Å². The van der Waals surface area contributed by atoms with E-state index in [1.807, 2.05) is 11.7 Å². The minimum absolute atomic E-state index is 0.101. The first-order valence-electron chi connectivity index (χ1n) is 8.13. The number of aryl methyl sites for hydroxylation is 2. The number of ether oxygens (including phenoxy) is 1. The highest BCUT2D eigenvalue weighted by atomic mass is 32.2. The first kappa shape index (κ1) is 15.4. The van der Waals surface area contributed by atoms with Crippen molar-refractivity contribution in [3.63, 3.8) is 0 Å². The van der Waals surface area contributed by atoms with E-state index in [-0.39, 0.29) is 11.6 Å². The summed E-state index contributed by atoms with van der Waals surface area (Å²) in [6, 6.07) is 0.101. The summed E-state index contributed by atoms with van der Waals surface area (Å²) in [5.41, 5.74) is 9.15. The van der Waals surface area contributed by atoms with E-state index in [0.717, 1.165) is 31.6 Å². The Kier molecular flexibility index (Phi) is 4.62.